The number of amides is 1. The van der Waals surface area contributed by atoms with E-state index in [0.717, 1.165) is 5.56 Å². The molecule has 1 amide bonds. The summed E-state index contributed by atoms with van der Waals surface area (Å²) in [5, 5.41) is 0. The first kappa shape index (κ1) is 27.7. The molecule has 11 heteroatoms. The van der Waals surface area contributed by atoms with E-state index in [9.17, 15) is 26.0 Å². The third-order valence-electron chi connectivity index (χ3n) is 5.85. The van der Waals surface area contributed by atoms with E-state index in [2.05, 4.69) is 0 Å². The quantitative estimate of drug-likeness (QED) is 0.435. The fourth-order valence-corrected chi connectivity index (χ4v) is 6.69. The Balaban J connectivity index is 2.24. The van der Waals surface area contributed by atoms with Crippen molar-refractivity contribution in [2.75, 3.05) is 37.7 Å². The number of sulfonamides is 2. The number of hydrogen-bond acceptors (Lipinski definition) is 5. The van der Waals surface area contributed by atoms with Crippen LogP contribution >= 0.6 is 0 Å². The molecule has 188 valence electrons. The summed E-state index contributed by atoms with van der Waals surface area (Å²) in [7, 11) is -6.86. The molecule has 0 radical (unpaired) electrons. The van der Waals surface area contributed by atoms with Crippen LogP contribution in [-0.2, 0) is 31.4 Å². The van der Waals surface area contributed by atoms with Crippen molar-refractivity contribution in [2.24, 2.45) is 0 Å². The molecule has 1 aliphatic rings. The lowest BCUT2D eigenvalue weighted by Crippen LogP contribution is -2.51. The van der Waals surface area contributed by atoms with Crippen LogP contribution in [-0.4, -0.2) is 80.0 Å². The molecule has 0 saturated carbocycles. The predicted molar refractivity (Wildman–Crippen MR) is 127 cm³/mol. The van der Waals surface area contributed by atoms with Crippen LogP contribution < -0.4 is 0 Å². The third kappa shape index (κ3) is 7.73. The summed E-state index contributed by atoms with van der Waals surface area (Å²) in [6, 6.07) is 5.61. The number of piperidine rings is 1. The Kier molecular flexibility index (Phi) is 10.3. The Morgan fingerprint density at radius 3 is 2.15 bits per heavy atom. The second kappa shape index (κ2) is 12.2. The molecule has 0 atom stereocenters. The van der Waals surface area contributed by atoms with Crippen LogP contribution in [0.4, 0.5) is 4.39 Å². The fourth-order valence-electron chi connectivity index (χ4n) is 4.02. The lowest BCUT2D eigenvalue weighted by atomic mass is 10.0. The molecule has 2 rings (SSSR count). The molecule has 1 fully saturated rings. The zero-order valence-corrected chi connectivity index (χ0v) is 21.4. The van der Waals surface area contributed by atoms with Crippen molar-refractivity contribution in [3.05, 3.63) is 35.6 Å². The average Bonchev–Trinajstić information content (AvgIpc) is 2.78. The van der Waals surface area contributed by atoms with Crippen LogP contribution in [0.15, 0.2) is 24.3 Å². The van der Waals surface area contributed by atoms with E-state index < -0.39 is 20.0 Å². The Hall–Kier alpha value is -1.56. The van der Waals surface area contributed by atoms with Crippen LogP contribution in [0, 0.1) is 5.82 Å². The maximum absolute atomic E-state index is 13.4. The molecule has 0 aliphatic carbocycles. The number of rotatable bonds is 12. The van der Waals surface area contributed by atoms with Gasteiger partial charge < -0.3 is 4.90 Å². The molecule has 8 nitrogen and oxygen atoms in total. The molecule has 0 spiro atoms. The molecule has 0 aromatic heterocycles. The van der Waals surface area contributed by atoms with Gasteiger partial charge in [0.2, 0.25) is 26.0 Å². The highest BCUT2D eigenvalue weighted by atomic mass is 32.2. The van der Waals surface area contributed by atoms with Gasteiger partial charge in [0, 0.05) is 32.2 Å². The van der Waals surface area contributed by atoms with Gasteiger partial charge in [-0.1, -0.05) is 26.0 Å². The van der Waals surface area contributed by atoms with Gasteiger partial charge in [-0.2, -0.15) is 4.31 Å². The van der Waals surface area contributed by atoms with Gasteiger partial charge in [0.25, 0.3) is 0 Å². The van der Waals surface area contributed by atoms with Gasteiger partial charge in [-0.25, -0.2) is 25.5 Å². The number of carbonyl (C=O) groups is 1. The number of carbonyl (C=O) groups excluding carboxylic acids is 1. The second-order valence-electron chi connectivity index (χ2n) is 8.33. The summed E-state index contributed by atoms with van der Waals surface area (Å²) in [6.45, 7) is 6.06. The first-order valence-corrected chi connectivity index (χ1v) is 14.7. The van der Waals surface area contributed by atoms with Crippen LogP contribution in [0.3, 0.4) is 0 Å². The maximum atomic E-state index is 13.4. The van der Waals surface area contributed by atoms with E-state index in [1.54, 1.807) is 30.9 Å². The monoisotopic (exact) mass is 505 g/mol. The van der Waals surface area contributed by atoms with Gasteiger partial charge in [-0.3, -0.25) is 4.79 Å². The van der Waals surface area contributed by atoms with Gasteiger partial charge >= 0.3 is 0 Å². The van der Waals surface area contributed by atoms with Crippen LogP contribution in [0.25, 0.3) is 0 Å². The molecule has 1 aromatic carbocycles. The lowest BCUT2D eigenvalue weighted by Gasteiger charge is -2.39. The first-order valence-electron chi connectivity index (χ1n) is 11.5. The number of nitrogens with zero attached hydrogens (tertiary/aromatic N) is 3. The molecule has 33 heavy (non-hydrogen) atoms. The van der Waals surface area contributed by atoms with E-state index >= 15 is 0 Å². The third-order valence-corrected chi connectivity index (χ3v) is 9.75. The molecule has 0 unspecified atom stereocenters. The smallest absolute Gasteiger partial charge is 0.238 e. The topological polar surface area (TPSA) is 95.1 Å². The molecule has 0 N–H and O–H groups in total. The Labute approximate surface area is 197 Å². The largest absolute Gasteiger partial charge is 0.334 e. The molecular weight excluding hydrogens is 469 g/mol. The van der Waals surface area contributed by atoms with E-state index in [1.807, 2.05) is 6.92 Å². The number of hydrogen-bond donors (Lipinski definition) is 0. The summed E-state index contributed by atoms with van der Waals surface area (Å²) in [4.78, 5) is 15.0. The average molecular weight is 506 g/mol. The van der Waals surface area contributed by atoms with E-state index in [1.165, 1.54) is 20.7 Å². The molecule has 1 aliphatic heterocycles. The molecular formula is C22H36FN3O5S2. The minimum atomic E-state index is -3.56. The highest BCUT2D eigenvalue weighted by Crippen LogP contribution is 2.22. The van der Waals surface area contributed by atoms with Crippen molar-refractivity contribution in [3.8, 4) is 0 Å². The second-order valence-corrected chi connectivity index (χ2v) is 12.7. The van der Waals surface area contributed by atoms with Crippen molar-refractivity contribution >= 4 is 26.0 Å². The van der Waals surface area contributed by atoms with Gasteiger partial charge in [-0.05, 0) is 50.3 Å². The van der Waals surface area contributed by atoms with Gasteiger partial charge in [0.1, 0.15) is 5.82 Å². The molecule has 1 aromatic rings. The van der Waals surface area contributed by atoms with Gasteiger partial charge in [0.15, 0.2) is 0 Å². The fraction of sp³-hybridized carbons (Fsp3) is 0.682. The summed E-state index contributed by atoms with van der Waals surface area (Å²) < 4.78 is 65.8. The minimum Gasteiger partial charge on any atom is -0.334 e. The Morgan fingerprint density at radius 1 is 1.03 bits per heavy atom. The van der Waals surface area contributed by atoms with Crippen molar-refractivity contribution in [2.45, 2.75) is 59.0 Å². The van der Waals surface area contributed by atoms with Crippen LogP contribution in [0.1, 0.15) is 52.0 Å². The number of benzene rings is 1. The number of halogens is 1. The lowest BCUT2D eigenvalue weighted by molar-refractivity contribution is -0.135. The van der Waals surface area contributed by atoms with Crippen molar-refractivity contribution < 1.29 is 26.0 Å². The van der Waals surface area contributed by atoms with E-state index in [4.69, 9.17) is 0 Å². The highest BCUT2D eigenvalue weighted by Gasteiger charge is 2.33. The van der Waals surface area contributed by atoms with Crippen molar-refractivity contribution in [1.29, 1.82) is 0 Å². The highest BCUT2D eigenvalue weighted by molar-refractivity contribution is 7.89. The summed E-state index contributed by atoms with van der Waals surface area (Å²) >= 11 is 0. The van der Waals surface area contributed by atoms with E-state index in [0.29, 0.717) is 38.8 Å². The zero-order chi connectivity index (χ0) is 24.6. The summed E-state index contributed by atoms with van der Waals surface area (Å²) in [5.41, 5.74) is 0.729. The zero-order valence-electron chi connectivity index (χ0n) is 19.7. The predicted octanol–water partition coefficient (Wildman–Crippen LogP) is 2.42. The normalized spacial score (nSPS) is 16.3. The van der Waals surface area contributed by atoms with Crippen molar-refractivity contribution in [3.63, 3.8) is 0 Å². The first-order chi connectivity index (χ1) is 15.5. The standard InChI is InChI=1S/C22H36FN3O5S2/c1-4-13-25(33(30,31)16-5-2)18-22(27)26(17-19-7-9-20(23)10-8-19)21-11-14-24(15-12-21)32(28,29)6-3/h7-10,21H,4-6,11-18H2,1-3H3. The molecule has 1 heterocycles. The summed E-state index contributed by atoms with van der Waals surface area (Å²) in [6.07, 6.45) is 1.96. The SMILES string of the molecule is CCCN(CC(=O)N(Cc1ccc(F)cc1)C1CCN(S(=O)(=O)CC)CC1)S(=O)(=O)CCC. The Bertz CT molecular complexity index is 976. The Morgan fingerprint density at radius 2 is 1.64 bits per heavy atom. The summed E-state index contributed by atoms with van der Waals surface area (Å²) in [5.74, 6) is -0.707. The maximum Gasteiger partial charge on any atom is 0.238 e. The van der Waals surface area contributed by atoms with Crippen molar-refractivity contribution in [1.82, 2.24) is 13.5 Å². The van der Waals surface area contributed by atoms with Gasteiger partial charge in [-0.15, -0.1) is 0 Å². The van der Waals surface area contributed by atoms with Crippen LogP contribution in [0.5, 0.6) is 0 Å². The van der Waals surface area contributed by atoms with Crippen LogP contribution in [0.2, 0.25) is 0 Å². The minimum absolute atomic E-state index is 0.0223. The van der Waals surface area contributed by atoms with E-state index in [-0.39, 0.29) is 48.9 Å². The molecule has 0 bridgehead atoms. The molecule has 1 saturated heterocycles. The van der Waals surface area contributed by atoms with Gasteiger partial charge in [0.05, 0.1) is 18.1 Å².